The second-order valence-electron chi connectivity index (χ2n) is 12.1. The smallest absolute Gasteiger partial charge is 0.0366 e. The molecule has 1 spiro atoms. The van der Waals surface area contributed by atoms with Gasteiger partial charge in [0.1, 0.15) is 0 Å². The summed E-state index contributed by atoms with van der Waals surface area (Å²) < 4.78 is 0. The lowest BCUT2D eigenvalue weighted by molar-refractivity contribution is 0.0306. The fraction of sp³-hybridized carbons (Fsp3) is 0.793. The van der Waals surface area contributed by atoms with Crippen LogP contribution in [0.5, 0.6) is 0 Å². The van der Waals surface area contributed by atoms with Gasteiger partial charge in [0.15, 0.2) is 0 Å². The normalized spacial score (nSPS) is 31.9. The van der Waals surface area contributed by atoms with Gasteiger partial charge < -0.3 is 9.80 Å². The molecule has 3 heteroatoms. The molecule has 5 fully saturated rings. The number of piperidine rings is 3. The van der Waals surface area contributed by atoms with Crippen LogP contribution in [0.3, 0.4) is 0 Å². The fourth-order valence-electron chi connectivity index (χ4n) is 7.74. The van der Waals surface area contributed by atoms with Gasteiger partial charge >= 0.3 is 0 Å². The molecule has 0 N–H and O–H groups in total. The number of benzene rings is 1. The molecular formula is C29H45N3. The Balaban J connectivity index is 0.986. The van der Waals surface area contributed by atoms with Gasteiger partial charge in [-0.15, -0.1) is 0 Å². The number of likely N-dealkylation sites (tertiary alicyclic amines) is 2. The minimum absolute atomic E-state index is 0.655. The SMILES string of the molecule is c1cc(N2CCC3(CC2)CCN(C2CCC2)CC3)ccc1CN1CC[C@H]2CCCC[C@@H]2C1. The number of hydrogen-bond acceptors (Lipinski definition) is 3. The Morgan fingerprint density at radius 1 is 0.688 bits per heavy atom. The van der Waals surface area contributed by atoms with E-state index in [9.17, 15) is 0 Å². The van der Waals surface area contributed by atoms with Gasteiger partial charge in [-0.3, -0.25) is 4.90 Å². The van der Waals surface area contributed by atoms with Gasteiger partial charge in [-0.05, 0) is 106 Å². The van der Waals surface area contributed by atoms with Crippen LogP contribution < -0.4 is 4.90 Å². The van der Waals surface area contributed by atoms with E-state index in [4.69, 9.17) is 0 Å². The van der Waals surface area contributed by atoms with Gasteiger partial charge in [0, 0.05) is 37.9 Å². The molecule has 2 saturated carbocycles. The van der Waals surface area contributed by atoms with Gasteiger partial charge in [0.2, 0.25) is 0 Å². The van der Waals surface area contributed by atoms with Crippen molar-refractivity contribution in [3.05, 3.63) is 29.8 Å². The van der Waals surface area contributed by atoms with Crippen LogP contribution in [0.2, 0.25) is 0 Å². The summed E-state index contributed by atoms with van der Waals surface area (Å²) in [5, 5.41) is 0. The average molecular weight is 436 g/mol. The largest absolute Gasteiger partial charge is 0.371 e. The van der Waals surface area contributed by atoms with Crippen molar-refractivity contribution in [1.29, 1.82) is 0 Å². The molecule has 0 bridgehead atoms. The van der Waals surface area contributed by atoms with Gasteiger partial charge in [-0.25, -0.2) is 0 Å². The topological polar surface area (TPSA) is 9.72 Å². The van der Waals surface area contributed by atoms with Crippen molar-refractivity contribution in [3.8, 4) is 0 Å². The lowest BCUT2D eigenvalue weighted by atomic mass is 9.70. The quantitative estimate of drug-likeness (QED) is 0.580. The van der Waals surface area contributed by atoms with Crippen molar-refractivity contribution >= 4 is 5.69 Å². The highest BCUT2D eigenvalue weighted by atomic mass is 15.2. The van der Waals surface area contributed by atoms with Gasteiger partial charge in [-0.2, -0.15) is 0 Å². The van der Waals surface area contributed by atoms with E-state index in [-0.39, 0.29) is 0 Å². The molecule has 1 aromatic carbocycles. The third-order valence-electron chi connectivity index (χ3n) is 10.4. The average Bonchev–Trinajstić information content (AvgIpc) is 2.81. The summed E-state index contributed by atoms with van der Waals surface area (Å²) in [7, 11) is 0. The number of nitrogens with zero attached hydrogens (tertiary/aromatic N) is 3. The van der Waals surface area contributed by atoms with Crippen LogP contribution in [-0.2, 0) is 6.54 Å². The van der Waals surface area contributed by atoms with Gasteiger partial charge in [0.05, 0.1) is 0 Å². The van der Waals surface area contributed by atoms with Crippen molar-refractivity contribution in [2.45, 2.75) is 89.6 Å². The van der Waals surface area contributed by atoms with Crippen LogP contribution in [0.15, 0.2) is 24.3 Å². The summed E-state index contributed by atoms with van der Waals surface area (Å²) in [6, 6.07) is 10.6. The Hall–Kier alpha value is -1.06. The molecular weight excluding hydrogens is 390 g/mol. The Kier molecular flexibility index (Phi) is 6.24. The predicted molar refractivity (Wildman–Crippen MR) is 134 cm³/mol. The van der Waals surface area contributed by atoms with Crippen LogP contribution in [0, 0.1) is 17.3 Å². The molecule has 3 aliphatic heterocycles. The Bertz CT molecular complexity index is 736. The third-order valence-corrected chi connectivity index (χ3v) is 10.4. The van der Waals surface area contributed by atoms with Crippen LogP contribution >= 0.6 is 0 Å². The number of hydrogen-bond donors (Lipinski definition) is 0. The Morgan fingerprint density at radius 2 is 1.38 bits per heavy atom. The lowest BCUT2D eigenvalue weighted by Crippen LogP contribution is -2.50. The molecule has 0 unspecified atom stereocenters. The maximum Gasteiger partial charge on any atom is 0.0366 e. The second kappa shape index (κ2) is 9.29. The van der Waals surface area contributed by atoms with Crippen molar-refractivity contribution in [2.24, 2.45) is 17.3 Å². The molecule has 2 atom stereocenters. The van der Waals surface area contributed by atoms with E-state index in [0.29, 0.717) is 5.41 Å². The summed E-state index contributed by atoms with van der Waals surface area (Å²) in [5.74, 6) is 2.02. The van der Waals surface area contributed by atoms with Gasteiger partial charge in [-0.1, -0.05) is 37.8 Å². The standard InChI is InChI=1S/C29H45N3/c1-2-5-26-23-30(17-12-25(26)4-1)22-24-8-10-28(11-9-24)32-20-15-29(16-21-32)13-18-31(19-14-29)27-6-3-7-27/h8-11,25-27H,1-7,12-23H2/t25-,26-/m1/s1. The molecule has 32 heavy (non-hydrogen) atoms. The lowest BCUT2D eigenvalue weighted by Gasteiger charge is -2.50. The first-order chi connectivity index (χ1) is 15.8. The first kappa shape index (κ1) is 21.5. The van der Waals surface area contributed by atoms with Gasteiger partial charge in [0.25, 0.3) is 0 Å². The van der Waals surface area contributed by atoms with Crippen molar-refractivity contribution in [1.82, 2.24) is 9.80 Å². The summed E-state index contributed by atoms with van der Waals surface area (Å²) in [5.41, 5.74) is 3.63. The van der Waals surface area contributed by atoms with Crippen LogP contribution in [-0.4, -0.2) is 55.1 Å². The molecule has 6 rings (SSSR count). The van der Waals surface area contributed by atoms with E-state index in [0.717, 1.165) is 24.4 Å². The zero-order valence-electron chi connectivity index (χ0n) is 20.3. The highest BCUT2D eigenvalue weighted by Crippen LogP contribution is 2.43. The van der Waals surface area contributed by atoms with E-state index >= 15 is 0 Å². The number of fused-ring (bicyclic) bond motifs is 1. The molecule has 3 nitrogen and oxygen atoms in total. The molecule has 3 heterocycles. The van der Waals surface area contributed by atoms with E-state index in [2.05, 4.69) is 39.0 Å². The maximum atomic E-state index is 2.82. The molecule has 2 aliphatic carbocycles. The molecule has 0 amide bonds. The molecule has 176 valence electrons. The zero-order chi connectivity index (χ0) is 21.4. The van der Waals surface area contributed by atoms with E-state index in [1.165, 1.54) is 128 Å². The maximum absolute atomic E-state index is 2.82. The summed E-state index contributed by atoms with van der Waals surface area (Å²) in [6.07, 6.45) is 17.5. The molecule has 3 saturated heterocycles. The van der Waals surface area contributed by atoms with Crippen molar-refractivity contribution in [2.75, 3.05) is 44.2 Å². The van der Waals surface area contributed by atoms with Crippen LogP contribution in [0.25, 0.3) is 0 Å². The van der Waals surface area contributed by atoms with Crippen LogP contribution in [0.4, 0.5) is 5.69 Å². The molecule has 0 radical (unpaired) electrons. The molecule has 1 aromatic rings. The Morgan fingerprint density at radius 3 is 2.06 bits per heavy atom. The first-order valence-electron chi connectivity index (χ1n) is 14.1. The van der Waals surface area contributed by atoms with E-state index < -0.39 is 0 Å². The monoisotopic (exact) mass is 435 g/mol. The number of anilines is 1. The van der Waals surface area contributed by atoms with E-state index in [1.54, 1.807) is 0 Å². The Labute approximate surface area is 196 Å². The summed E-state index contributed by atoms with van der Waals surface area (Å²) in [6.45, 7) is 9.09. The predicted octanol–water partition coefficient (Wildman–Crippen LogP) is 5.93. The number of rotatable bonds is 4. The fourth-order valence-corrected chi connectivity index (χ4v) is 7.74. The van der Waals surface area contributed by atoms with Crippen LogP contribution in [0.1, 0.15) is 82.6 Å². The molecule has 0 aromatic heterocycles. The van der Waals surface area contributed by atoms with Crippen molar-refractivity contribution < 1.29 is 0 Å². The zero-order valence-corrected chi connectivity index (χ0v) is 20.3. The van der Waals surface area contributed by atoms with E-state index in [1.807, 2.05) is 0 Å². The summed E-state index contributed by atoms with van der Waals surface area (Å²) >= 11 is 0. The summed E-state index contributed by atoms with van der Waals surface area (Å²) in [4.78, 5) is 8.22. The highest BCUT2D eigenvalue weighted by Gasteiger charge is 2.39. The highest BCUT2D eigenvalue weighted by molar-refractivity contribution is 5.48. The minimum Gasteiger partial charge on any atom is -0.371 e. The first-order valence-corrected chi connectivity index (χ1v) is 14.1. The molecule has 5 aliphatic rings. The van der Waals surface area contributed by atoms with Crippen molar-refractivity contribution in [3.63, 3.8) is 0 Å². The third kappa shape index (κ3) is 4.49. The minimum atomic E-state index is 0.655. The second-order valence-corrected chi connectivity index (χ2v) is 12.1.